The number of carboxylic acid groups (broad SMARTS) is 1. The van der Waals surface area contributed by atoms with Gasteiger partial charge in [0.1, 0.15) is 0 Å². The number of carboxylic acids is 1. The van der Waals surface area contributed by atoms with Gasteiger partial charge in [-0.3, -0.25) is 4.79 Å². The fraction of sp³-hybridized carbons (Fsp3) is 0.125. The van der Waals surface area contributed by atoms with Crippen LogP contribution in [-0.4, -0.2) is 36.9 Å². The summed E-state index contributed by atoms with van der Waals surface area (Å²) in [5.74, 6) is -0.722. The molecule has 2 N–H and O–H groups in total. The summed E-state index contributed by atoms with van der Waals surface area (Å²) in [4.78, 5) is 23.3. The minimum Gasteiger partial charge on any atom is -0.493 e. The summed E-state index contributed by atoms with van der Waals surface area (Å²) in [6.07, 6.45) is 3.59. The summed E-state index contributed by atoms with van der Waals surface area (Å²) >= 11 is 0. The molecule has 0 unspecified atom stereocenters. The van der Waals surface area contributed by atoms with Crippen molar-refractivity contribution >= 4 is 28.9 Å². The second kappa shape index (κ2) is 10.1. The molecule has 0 spiro atoms. The van der Waals surface area contributed by atoms with Crippen molar-refractivity contribution in [3.63, 3.8) is 0 Å². The Hall–Kier alpha value is -4.13. The smallest absolute Gasteiger partial charge is 0.341 e. The second-order valence-corrected chi connectivity index (χ2v) is 6.65. The Morgan fingerprint density at radius 3 is 2.61 bits per heavy atom. The van der Waals surface area contributed by atoms with Crippen molar-refractivity contribution in [2.24, 2.45) is 5.10 Å². The standard InChI is InChI=1S/C24H22N2O5/c1-3-6-19-11-16(12-21(30-2)23(19)31-15-22(27)28)14-25-26-24(29)20-10-9-17-7-4-5-8-18(17)13-20/h3-5,7-14H,1,6,15H2,2H3,(H,26,29)(H,27,28)/b25-14-. The van der Waals surface area contributed by atoms with Crippen LogP contribution in [0.15, 0.2) is 72.4 Å². The van der Waals surface area contributed by atoms with Crippen molar-refractivity contribution in [1.29, 1.82) is 0 Å². The van der Waals surface area contributed by atoms with E-state index >= 15 is 0 Å². The maximum Gasteiger partial charge on any atom is 0.341 e. The lowest BCUT2D eigenvalue weighted by Gasteiger charge is -2.14. The van der Waals surface area contributed by atoms with Crippen molar-refractivity contribution in [3.8, 4) is 11.5 Å². The molecule has 31 heavy (non-hydrogen) atoms. The summed E-state index contributed by atoms with van der Waals surface area (Å²) in [6, 6.07) is 16.6. The van der Waals surface area contributed by atoms with Gasteiger partial charge in [0.2, 0.25) is 0 Å². The predicted molar refractivity (Wildman–Crippen MR) is 119 cm³/mol. The van der Waals surface area contributed by atoms with Gasteiger partial charge < -0.3 is 14.6 Å². The molecular weight excluding hydrogens is 396 g/mol. The van der Waals surface area contributed by atoms with E-state index in [2.05, 4.69) is 17.1 Å². The number of rotatable bonds is 9. The van der Waals surface area contributed by atoms with Gasteiger partial charge in [0.25, 0.3) is 5.91 Å². The van der Waals surface area contributed by atoms with Crippen LogP contribution in [0.3, 0.4) is 0 Å². The number of methoxy groups -OCH3 is 1. The number of carbonyl (C=O) groups excluding carboxylic acids is 1. The number of hydrogen-bond acceptors (Lipinski definition) is 5. The molecule has 1 amide bonds. The molecule has 3 aromatic carbocycles. The maximum atomic E-state index is 12.4. The van der Waals surface area contributed by atoms with Crippen LogP contribution in [0.2, 0.25) is 0 Å². The third-order valence-corrected chi connectivity index (χ3v) is 4.47. The monoisotopic (exact) mass is 418 g/mol. The van der Waals surface area contributed by atoms with E-state index in [0.29, 0.717) is 34.6 Å². The molecule has 0 saturated heterocycles. The van der Waals surface area contributed by atoms with Crippen molar-refractivity contribution < 1.29 is 24.2 Å². The van der Waals surface area contributed by atoms with Crippen LogP contribution >= 0.6 is 0 Å². The summed E-state index contributed by atoms with van der Waals surface area (Å²) in [7, 11) is 1.46. The van der Waals surface area contributed by atoms with E-state index in [9.17, 15) is 9.59 Å². The predicted octanol–water partition coefficient (Wildman–Crippen LogP) is 3.80. The van der Waals surface area contributed by atoms with Gasteiger partial charge in [-0.15, -0.1) is 6.58 Å². The minimum absolute atomic E-state index is 0.332. The molecule has 0 atom stereocenters. The summed E-state index contributed by atoms with van der Waals surface area (Å²) in [5, 5.41) is 14.9. The largest absolute Gasteiger partial charge is 0.493 e. The Morgan fingerprint density at radius 1 is 1.13 bits per heavy atom. The maximum absolute atomic E-state index is 12.4. The highest BCUT2D eigenvalue weighted by atomic mass is 16.5. The Labute approximate surface area is 179 Å². The van der Waals surface area contributed by atoms with Crippen molar-refractivity contribution in [2.45, 2.75) is 6.42 Å². The number of ether oxygens (including phenoxy) is 2. The van der Waals surface area contributed by atoms with Crippen LogP contribution in [0.25, 0.3) is 10.8 Å². The lowest BCUT2D eigenvalue weighted by atomic mass is 10.1. The van der Waals surface area contributed by atoms with Gasteiger partial charge in [0.05, 0.1) is 13.3 Å². The SMILES string of the molecule is C=CCc1cc(/C=N\NC(=O)c2ccc3ccccc3c2)cc(OC)c1OCC(=O)O. The average molecular weight is 418 g/mol. The topological polar surface area (TPSA) is 97.2 Å². The molecular formula is C24H22N2O5. The normalized spacial score (nSPS) is 10.7. The van der Waals surface area contributed by atoms with E-state index in [1.807, 2.05) is 30.3 Å². The van der Waals surface area contributed by atoms with E-state index in [4.69, 9.17) is 14.6 Å². The van der Waals surface area contributed by atoms with E-state index in [-0.39, 0.29) is 5.91 Å². The molecule has 0 radical (unpaired) electrons. The number of nitrogens with one attached hydrogen (secondary N) is 1. The molecule has 3 aromatic rings. The van der Waals surface area contributed by atoms with Crippen molar-refractivity contribution in [2.75, 3.05) is 13.7 Å². The molecule has 0 heterocycles. The summed E-state index contributed by atoms with van der Waals surface area (Å²) in [6.45, 7) is 3.22. The number of carbonyl (C=O) groups is 2. The van der Waals surface area contributed by atoms with Crippen LogP contribution in [0.5, 0.6) is 11.5 Å². The molecule has 0 aliphatic carbocycles. The molecule has 7 nitrogen and oxygen atoms in total. The minimum atomic E-state index is -1.09. The van der Waals surface area contributed by atoms with E-state index in [1.165, 1.54) is 13.3 Å². The first-order valence-corrected chi connectivity index (χ1v) is 9.50. The number of benzene rings is 3. The van der Waals surface area contributed by atoms with Crippen LogP contribution in [0.1, 0.15) is 21.5 Å². The molecule has 158 valence electrons. The second-order valence-electron chi connectivity index (χ2n) is 6.65. The van der Waals surface area contributed by atoms with Crippen LogP contribution in [0.4, 0.5) is 0 Å². The zero-order valence-electron chi connectivity index (χ0n) is 17.0. The molecule has 7 heteroatoms. The molecule has 0 aliphatic rings. The number of nitrogens with zero attached hydrogens (tertiary/aromatic N) is 1. The molecule has 3 rings (SSSR count). The molecule has 0 fully saturated rings. The lowest BCUT2D eigenvalue weighted by molar-refractivity contribution is -0.139. The first-order valence-electron chi connectivity index (χ1n) is 9.50. The van der Waals surface area contributed by atoms with E-state index in [1.54, 1.807) is 30.3 Å². The van der Waals surface area contributed by atoms with E-state index < -0.39 is 12.6 Å². The van der Waals surface area contributed by atoms with Gasteiger partial charge in [-0.1, -0.05) is 36.4 Å². The number of fused-ring (bicyclic) bond motifs is 1. The molecule has 0 bridgehead atoms. The highest BCUT2D eigenvalue weighted by Crippen LogP contribution is 2.33. The zero-order valence-corrected chi connectivity index (χ0v) is 17.0. The zero-order chi connectivity index (χ0) is 22.2. The molecule has 0 aromatic heterocycles. The van der Waals surface area contributed by atoms with Crippen LogP contribution in [-0.2, 0) is 11.2 Å². The Balaban J connectivity index is 1.78. The van der Waals surface area contributed by atoms with Gasteiger partial charge in [-0.05, 0) is 47.0 Å². The number of hydrogen-bond donors (Lipinski definition) is 2. The first-order chi connectivity index (χ1) is 15.0. The number of allylic oxidation sites excluding steroid dienone is 1. The summed E-state index contributed by atoms with van der Waals surface area (Å²) in [5.41, 5.74) is 4.36. The Kier molecular flexibility index (Phi) is 7.01. The fourth-order valence-corrected chi connectivity index (χ4v) is 3.08. The number of aliphatic carboxylic acids is 1. The van der Waals surface area contributed by atoms with Crippen molar-refractivity contribution in [1.82, 2.24) is 5.43 Å². The van der Waals surface area contributed by atoms with E-state index in [0.717, 1.165) is 10.8 Å². The lowest BCUT2D eigenvalue weighted by Crippen LogP contribution is -2.17. The van der Waals surface area contributed by atoms with Gasteiger partial charge in [-0.2, -0.15) is 5.10 Å². The molecule has 0 aliphatic heterocycles. The molecule has 0 saturated carbocycles. The van der Waals surface area contributed by atoms with Gasteiger partial charge in [-0.25, -0.2) is 10.2 Å². The number of hydrazone groups is 1. The Bertz CT molecular complexity index is 1150. The van der Waals surface area contributed by atoms with Crippen LogP contribution < -0.4 is 14.9 Å². The Morgan fingerprint density at radius 2 is 1.90 bits per heavy atom. The summed E-state index contributed by atoms with van der Waals surface area (Å²) < 4.78 is 10.7. The number of amides is 1. The van der Waals surface area contributed by atoms with Crippen LogP contribution in [0, 0.1) is 0 Å². The highest BCUT2D eigenvalue weighted by Gasteiger charge is 2.14. The average Bonchev–Trinajstić information content (AvgIpc) is 2.77. The first kappa shape index (κ1) is 21.6. The quantitative estimate of drug-likeness (QED) is 0.313. The van der Waals surface area contributed by atoms with Gasteiger partial charge >= 0.3 is 5.97 Å². The van der Waals surface area contributed by atoms with Gasteiger partial charge in [0, 0.05) is 11.1 Å². The third kappa shape index (κ3) is 5.48. The van der Waals surface area contributed by atoms with Crippen molar-refractivity contribution in [3.05, 3.63) is 83.9 Å². The fourth-order valence-electron chi connectivity index (χ4n) is 3.08. The highest BCUT2D eigenvalue weighted by molar-refractivity contribution is 5.99. The van der Waals surface area contributed by atoms with Gasteiger partial charge in [0.15, 0.2) is 18.1 Å². The third-order valence-electron chi connectivity index (χ3n) is 4.47.